The molecule has 1 spiro atoms. The van der Waals surface area contributed by atoms with Gasteiger partial charge >= 0.3 is 5.97 Å². The Labute approximate surface area is 253 Å². The van der Waals surface area contributed by atoms with Crippen LogP contribution in [-0.4, -0.2) is 65.1 Å². The van der Waals surface area contributed by atoms with Crippen molar-refractivity contribution in [2.45, 2.75) is 124 Å². The number of aliphatic imine (C=N–C) groups is 1. The molecule has 0 aromatic heterocycles. The van der Waals surface area contributed by atoms with Gasteiger partial charge in [-0.2, -0.15) is 0 Å². The molecule has 0 bridgehead atoms. The molecule has 2 atom stereocenters. The number of carbonyl (C=O) groups excluding carboxylic acids is 2. The predicted octanol–water partition coefficient (Wildman–Crippen LogP) is 6.08. The van der Waals surface area contributed by atoms with E-state index in [0.717, 1.165) is 37.7 Å². The summed E-state index contributed by atoms with van der Waals surface area (Å²) in [5.74, 6) is 0.602. The van der Waals surface area contributed by atoms with E-state index in [-0.39, 0.29) is 34.9 Å². The third-order valence-corrected chi connectivity index (χ3v) is 9.39. The van der Waals surface area contributed by atoms with Gasteiger partial charge in [-0.3, -0.25) is 9.69 Å². The lowest BCUT2D eigenvalue weighted by molar-refractivity contribution is -0.142. The number of amidine groups is 1. The van der Waals surface area contributed by atoms with E-state index < -0.39 is 11.3 Å². The van der Waals surface area contributed by atoms with Gasteiger partial charge in [0.25, 0.3) is 5.91 Å². The van der Waals surface area contributed by atoms with E-state index in [2.05, 4.69) is 53.4 Å². The summed E-state index contributed by atoms with van der Waals surface area (Å²) < 4.78 is 11.1. The molecule has 1 amide bonds. The molecular weight excluding hydrogens is 528 g/mol. The van der Waals surface area contributed by atoms with Crippen molar-refractivity contribution in [1.82, 2.24) is 9.80 Å². The minimum Gasteiger partial charge on any atom is -0.459 e. The molecule has 8 nitrogen and oxygen atoms in total. The van der Waals surface area contributed by atoms with Crippen molar-refractivity contribution < 1.29 is 19.1 Å². The molecule has 1 aromatic rings. The zero-order valence-electron chi connectivity index (χ0n) is 27.5. The van der Waals surface area contributed by atoms with Gasteiger partial charge in [-0.05, 0) is 93.7 Å². The molecule has 2 fully saturated rings. The minimum atomic E-state index is -1.11. The highest BCUT2D eigenvalue weighted by Gasteiger charge is 2.58. The lowest BCUT2D eigenvalue weighted by Crippen LogP contribution is -2.64. The van der Waals surface area contributed by atoms with Crippen molar-refractivity contribution in [3.63, 3.8) is 0 Å². The van der Waals surface area contributed by atoms with Crippen molar-refractivity contribution in [3.05, 3.63) is 35.4 Å². The number of nitrogens with two attached hydrogens (primary N) is 1. The van der Waals surface area contributed by atoms with E-state index >= 15 is 0 Å². The fraction of sp³-hybridized carbons (Fsp3) is 0.735. The number of amides is 1. The van der Waals surface area contributed by atoms with E-state index in [9.17, 15) is 9.59 Å². The van der Waals surface area contributed by atoms with Gasteiger partial charge in [0.1, 0.15) is 11.3 Å². The highest BCUT2D eigenvalue weighted by atomic mass is 16.5. The van der Waals surface area contributed by atoms with Gasteiger partial charge in [0.05, 0.1) is 30.9 Å². The quantitative estimate of drug-likeness (QED) is 0.408. The summed E-state index contributed by atoms with van der Waals surface area (Å²) in [6.45, 7) is 21.0. The van der Waals surface area contributed by atoms with Crippen LogP contribution in [0.2, 0.25) is 0 Å². The Morgan fingerprint density at radius 3 is 2.24 bits per heavy atom. The van der Waals surface area contributed by atoms with Crippen molar-refractivity contribution in [1.29, 1.82) is 0 Å². The zero-order chi connectivity index (χ0) is 31.1. The molecule has 234 valence electrons. The molecule has 0 radical (unpaired) electrons. The second-order valence-electron chi connectivity index (χ2n) is 15.3. The average Bonchev–Trinajstić information content (AvgIpc) is 3.18. The van der Waals surface area contributed by atoms with Crippen LogP contribution in [0.3, 0.4) is 0 Å². The Morgan fingerprint density at radius 2 is 1.71 bits per heavy atom. The van der Waals surface area contributed by atoms with Crippen LogP contribution in [0.1, 0.15) is 117 Å². The number of carbonyl (C=O) groups is 2. The fourth-order valence-corrected chi connectivity index (χ4v) is 6.77. The molecule has 1 aliphatic carbocycles. The van der Waals surface area contributed by atoms with Crippen LogP contribution in [-0.2, 0) is 19.9 Å². The summed E-state index contributed by atoms with van der Waals surface area (Å²) in [7, 11) is 0. The van der Waals surface area contributed by atoms with Crippen LogP contribution >= 0.6 is 0 Å². The van der Waals surface area contributed by atoms with Gasteiger partial charge in [0.2, 0.25) is 0 Å². The second-order valence-corrected chi connectivity index (χ2v) is 15.3. The van der Waals surface area contributed by atoms with Crippen LogP contribution in [0, 0.1) is 16.7 Å². The normalized spacial score (nSPS) is 26.9. The summed E-state index contributed by atoms with van der Waals surface area (Å²) in [5.41, 5.74) is 7.20. The lowest BCUT2D eigenvalue weighted by Gasteiger charge is -2.51. The molecule has 2 heterocycles. The van der Waals surface area contributed by atoms with E-state index in [4.69, 9.17) is 20.2 Å². The summed E-state index contributed by atoms with van der Waals surface area (Å²) in [5, 5.41) is 0. The number of hydrogen-bond donors (Lipinski definition) is 1. The SMILES string of the molecule is CC(C)OC(=O)c1ccc([C@@](N)(CCC(C)(C)C)N2C(=O)C(N3CCOC[C@@H]3C)=NC23CCC(C(C)(C)C)CC3)cc1. The average molecular weight is 583 g/mol. The highest BCUT2D eigenvalue weighted by molar-refractivity contribution is 6.39. The van der Waals surface area contributed by atoms with Crippen molar-refractivity contribution >= 4 is 17.7 Å². The lowest BCUT2D eigenvalue weighted by atomic mass is 9.69. The fourth-order valence-electron chi connectivity index (χ4n) is 6.77. The minimum absolute atomic E-state index is 0.00781. The first-order valence-electron chi connectivity index (χ1n) is 15.9. The van der Waals surface area contributed by atoms with Crippen LogP contribution in [0.4, 0.5) is 0 Å². The zero-order valence-corrected chi connectivity index (χ0v) is 27.5. The third-order valence-electron chi connectivity index (χ3n) is 9.39. The van der Waals surface area contributed by atoms with Gasteiger partial charge in [0.15, 0.2) is 5.84 Å². The topological polar surface area (TPSA) is 97.5 Å². The van der Waals surface area contributed by atoms with E-state index in [1.165, 1.54) is 0 Å². The summed E-state index contributed by atoms with van der Waals surface area (Å²) >= 11 is 0. The molecule has 8 heteroatoms. The van der Waals surface area contributed by atoms with Crippen molar-refractivity contribution in [2.24, 2.45) is 27.5 Å². The number of esters is 1. The molecule has 2 N–H and O–H groups in total. The standard InChI is InChI=1S/C34H54N4O4/c1-23(2)42-30(40)25-10-12-27(13-11-25)34(35,19-18-31(4,5)6)38-29(39)28(37-20-21-41-22-24(37)3)36-33(38)16-14-26(15-17-33)32(7,8)9/h10-13,23-24,26H,14-22,35H2,1-9H3/t24-,26?,33?,34+/m0/s1. The highest BCUT2D eigenvalue weighted by Crippen LogP contribution is 2.50. The van der Waals surface area contributed by atoms with Crippen LogP contribution in [0.5, 0.6) is 0 Å². The van der Waals surface area contributed by atoms with E-state index in [0.29, 0.717) is 43.5 Å². The van der Waals surface area contributed by atoms with Gasteiger partial charge in [-0.25, -0.2) is 9.79 Å². The molecular formula is C34H54N4O4. The Morgan fingerprint density at radius 1 is 1.10 bits per heavy atom. The third kappa shape index (κ3) is 6.70. The predicted molar refractivity (Wildman–Crippen MR) is 167 cm³/mol. The van der Waals surface area contributed by atoms with E-state index in [1.54, 1.807) is 12.1 Å². The molecule has 1 aromatic carbocycles. The molecule has 3 aliphatic rings. The van der Waals surface area contributed by atoms with Crippen LogP contribution in [0.25, 0.3) is 0 Å². The van der Waals surface area contributed by atoms with Gasteiger partial charge in [-0.1, -0.05) is 53.7 Å². The Hall–Kier alpha value is -2.45. The largest absolute Gasteiger partial charge is 0.459 e. The molecule has 0 unspecified atom stereocenters. The first-order valence-corrected chi connectivity index (χ1v) is 15.9. The molecule has 1 saturated heterocycles. The van der Waals surface area contributed by atoms with E-state index in [1.807, 2.05) is 30.9 Å². The first-order chi connectivity index (χ1) is 19.5. The number of hydrogen-bond acceptors (Lipinski definition) is 7. The summed E-state index contributed by atoms with van der Waals surface area (Å²) in [4.78, 5) is 36.8. The smallest absolute Gasteiger partial charge is 0.338 e. The molecule has 42 heavy (non-hydrogen) atoms. The van der Waals surface area contributed by atoms with Crippen molar-refractivity contribution in [3.8, 4) is 0 Å². The Bertz CT molecular complexity index is 1160. The van der Waals surface area contributed by atoms with Gasteiger partial charge in [-0.15, -0.1) is 0 Å². The molecule has 1 saturated carbocycles. The number of rotatable bonds is 6. The maximum atomic E-state index is 14.7. The first kappa shape index (κ1) is 32.5. The Kier molecular flexibility index (Phi) is 9.21. The maximum Gasteiger partial charge on any atom is 0.338 e. The number of benzene rings is 1. The maximum absolute atomic E-state index is 14.7. The number of morpholine rings is 1. The molecule has 4 rings (SSSR count). The Balaban J connectivity index is 1.79. The van der Waals surface area contributed by atoms with Crippen molar-refractivity contribution in [2.75, 3.05) is 19.8 Å². The summed E-state index contributed by atoms with van der Waals surface area (Å²) in [6.07, 6.45) is 4.70. The van der Waals surface area contributed by atoms with Crippen LogP contribution < -0.4 is 5.73 Å². The molecule has 2 aliphatic heterocycles. The monoisotopic (exact) mass is 582 g/mol. The van der Waals surface area contributed by atoms with Crippen LogP contribution in [0.15, 0.2) is 29.3 Å². The van der Waals surface area contributed by atoms with Gasteiger partial charge in [0, 0.05) is 6.54 Å². The van der Waals surface area contributed by atoms with Gasteiger partial charge < -0.3 is 20.1 Å². The second kappa shape index (κ2) is 11.9. The summed E-state index contributed by atoms with van der Waals surface area (Å²) in [6, 6.07) is 7.40. The number of nitrogens with zero attached hydrogens (tertiary/aromatic N) is 3. The number of ether oxygens (including phenoxy) is 2.